The Morgan fingerprint density at radius 3 is 2.46 bits per heavy atom. The van der Waals surface area contributed by atoms with Crippen LogP contribution in [0, 0.1) is 11.6 Å². The minimum atomic E-state index is -2.87. The number of primary amides is 1. The van der Waals surface area contributed by atoms with E-state index in [2.05, 4.69) is 22.9 Å². The van der Waals surface area contributed by atoms with Gasteiger partial charge < -0.3 is 21.1 Å². The normalized spacial score (nSPS) is 15.2. The van der Waals surface area contributed by atoms with Gasteiger partial charge in [0.05, 0.1) is 24.5 Å². The highest BCUT2D eigenvalue weighted by Gasteiger charge is 2.33. The van der Waals surface area contributed by atoms with Crippen molar-refractivity contribution in [3.05, 3.63) is 63.8 Å². The molecule has 8 nitrogen and oxygen atoms in total. The number of nitrogens with one attached hydrogen (secondary N) is 2. The number of ether oxygens (including phenoxy) is 1. The number of anilines is 3. The van der Waals surface area contributed by atoms with Gasteiger partial charge in [0.25, 0.3) is 6.43 Å². The zero-order valence-electron chi connectivity index (χ0n) is 18.0. The highest BCUT2D eigenvalue weighted by molar-refractivity contribution is 7.80. The molecule has 0 aliphatic carbocycles. The van der Waals surface area contributed by atoms with E-state index in [-0.39, 0.29) is 37.3 Å². The minimum absolute atomic E-state index is 0.0699. The summed E-state index contributed by atoms with van der Waals surface area (Å²) in [6.07, 6.45) is -4.31. The molecule has 0 aromatic heterocycles. The lowest BCUT2D eigenvalue weighted by molar-refractivity contribution is -0.117. The number of carbonyl (C=O) groups is 2. The molecule has 1 heterocycles. The molecule has 0 saturated carbocycles. The lowest BCUT2D eigenvalue weighted by atomic mass is 10.1. The first-order valence-electron chi connectivity index (χ1n) is 10.3. The maximum Gasteiger partial charge on any atom is 0.414 e. The van der Waals surface area contributed by atoms with E-state index in [1.165, 1.54) is 24.3 Å². The monoisotopic (exact) mass is 512 g/mol. The standard InChI is InChI=1S/C22H20F4N4O4S/c23-14-7-12(30-10-13(34-22(30)33)9-28-21(35)20(25)26)8-15(24)19(14)29-16-4-1-11(2-5-17(16)31)3-6-18(27)32/h1-2,4-5,7-8,13,20H,3,6,9-10H2,(H2,27,32)(H,28,35)(H,29,31)/t13-/m0/s1. The molecular weight excluding hydrogens is 492 g/mol. The van der Waals surface area contributed by atoms with Crippen LogP contribution in [0.1, 0.15) is 12.0 Å². The zero-order chi connectivity index (χ0) is 25.7. The molecule has 35 heavy (non-hydrogen) atoms. The van der Waals surface area contributed by atoms with Crippen molar-refractivity contribution in [1.29, 1.82) is 0 Å². The predicted octanol–water partition coefficient (Wildman–Crippen LogP) is 2.99. The Kier molecular flexibility index (Phi) is 8.22. The molecule has 1 fully saturated rings. The second-order valence-electron chi connectivity index (χ2n) is 7.56. The molecule has 2 amide bonds. The van der Waals surface area contributed by atoms with E-state index < -0.39 is 52.3 Å². The van der Waals surface area contributed by atoms with Gasteiger partial charge in [0.15, 0.2) is 11.6 Å². The van der Waals surface area contributed by atoms with Crippen LogP contribution in [0.3, 0.4) is 0 Å². The van der Waals surface area contributed by atoms with E-state index in [0.717, 1.165) is 17.0 Å². The van der Waals surface area contributed by atoms with Crippen molar-refractivity contribution in [2.45, 2.75) is 25.4 Å². The van der Waals surface area contributed by atoms with E-state index in [1.54, 1.807) is 0 Å². The summed E-state index contributed by atoms with van der Waals surface area (Å²) in [4.78, 5) is 35.6. The number of hydrogen-bond acceptors (Lipinski definition) is 6. The summed E-state index contributed by atoms with van der Waals surface area (Å²) in [5, 5.41) is 4.69. The van der Waals surface area contributed by atoms with Crippen LogP contribution in [0.5, 0.6) is 0 Å². The van der Waals surface area contributed by atoms with Crippen LogP contribution in [0.15, 0.2) is 41.2 Å². The number of carbonyl (C=O) groups excluding carboxylic acids is 2. The van der Waals surface area contributed by atoms with Gasteiger partial charge >= 0.3 is 6.09 Å². The fraction of sp³-hybridized carbons (Fsp3) is 0.273. The van der Waals surface area contributed by atoms with Gasteiger partial charge in [-0.3, -0.25) is 14.5 Å². The van der Waals surface area contributed by atoms with Crippen molar-refractivity contribution in [3.63, 3.8) is 0 Å². The molecule has 1 aliphatic heterocycles. The molecule has 0 spiro atoms. The molecule has 4 N–H and O–H groups in total. The van der Waals surface area contributed by atoms with Crippen molar-refractivity contribution < 1.29 is 31.9 Å². The van der Waals surface area contributed by atoms with Gasteiger partial charge in [0.2, 0.25) is 11.3 Å². The average Bonchev–Trinajstić information content (AvgIpc) is 3.07. The fourth-order valence-electron chi connectivity index (χ4n) is 3.24. The molecule has 13 heteroatoms. The SMILES string of the molecule is NC(=O)CCc1ccc(Nc2c(F)cc(N3C[C@H](CNC(=S)C(F)F)OC3=O)cc2F)c(=O)cc1. The van der Waals surface area contributed by atoms with Gasteiger partial charge in [-0.2, -0.15) is 0 Å². The number of aryl methyl sites for hydroxylation is 1. The summed E-state index contributed by atoms with van der Waals surface area (Å²) in [5.74, 6) is -2.69. The van der Waals surface area contributed by atoms with Crippen molar-refractivity contribution in [2.24, 2.45) is 5.73 Å². The first-order valence-corrected chi connectivity index (χ1v) is 10.7. The van der Waals surface area contributed by atoms with Crippen LogP contribution in [0.25, 0.3) is 0 Å². The molecule has 2 aromatic carbocycles. The fourth-order valence-corrected chi connectivity index (χ4v) is 3.32. The number of alkyl halides is 2. The van der Waals surface area contributed by atoms with Crippen LogP contribution in [0.4, 0.5) is 39.4 Å². The van der Waals surface area contributed by atoms with Crippen molar-refractivity contribution >= 4 is 46.3 Å². The third-order valence-corrected chi connectivity index (χ3v) is 5.34. The largest absolute Gasteiger partial charge is 0.442 e. The summed E-state index contributed by atoms with van der Waals surface area (Å²) in [5.41, 5.74) is 4.27. The Morgan fingerprint density at radius 1 is 1.17 bits per heavy atom. The highest BCUT2D eigenvalue weighted by Crippen LogP contribution is 2.30. The number of rotatable bonds is 9. The minimum Gasteiger partial charge on any atom is -0.442 e. The molecular formula is C22H20F4N4O4S. The van der Waals surface area contributed by atoms with Crippen LogP contribution >= 0.6 is 12.2 Å². The predicted molar refractivity (Wildman–Crippen MR) is 124 cm³/mol. The Bertz CT molecular complexity index is 1190. The van der Waals surface area contributed by atoms with Crippen LogP contribution in [-0.4, -0.2) is 42.6 Å². The van der Waals surface area contributed by atoms with Crippen molar-refractivity contribution in [3.8, 4) is 0 Å². The van der Waals surface area contributed by atoms with Gasteiger partial charge in [-0.1, -0.05) is 24.4 Å². The van der Waals surface area contributed by atoms with Crippen molar-refractivity contribution in [1.82, 2.24) is 5.32 Å². The number of thiocarbonyl (C=S) groups is 1. The Morgan fingerprint density at radius 2 is 1.83 bits per heavy atom. The molecule has 0 bridgehead atoms. The average molecular weight is 512 g/mol. The Hall–Kier alpha value is -3.74. The molecule has 0 radical (unpaired) electrons. The van der Waals surface area contributed by atoms with E-state index in [9.17, 15) is 31.9 Å². The first kappa shape index (κ1) is 25.9. The van der Waals surface area contributed by atoms with Crippen LogP contribution in [0.2, 0.25) is 0 Å². The van der Waals surface area contributed by atoms with E-state index in [0.29, 0.717) is 5.56 Å². The summed E-state index contributed by atoms with van der Waals surface area (Å²) in [6, 6.07) is 7.26. The van der Waals surface area contributed by atoms with E-state index >= 15 is 0 Å². The number of benzene rings is 1. The molecule has 1 atom stereocenters. The quantitative estimate of drug-likeness (QED) is 0.350. The van der Waals surface area contributed by atoms with Crippen molar-refractivity contribution in [2.75, 3.05) is 23.3 Å². The molecule has 1 aliphatic rings. The number of nitrogens with two attached hydrogens (primary N) is 1. The number of cyclic esters (lactones) is 1. The second kappa shape index (κ2) is 11.1. The van der Waals surface area contributed by atoms with Gasteiger partial charge in [-0.15, -0.1) is 0 Å². The van der Waals surface area contributed by atoms with Gasteiger partial charge in [-0.25, -0.2) is 22.4 Å². The summed E-state index contributed by atoms with van der Waals surface area (Å²) >= 11 is 4.45. The maximum absolute atomic E-state index is 14.8. The third kappa shape index (κ3) is 6.66. The van der Waals surface area contributed by atoms with E-state index in [1.807, 2.05) is 0 Å². The lowest BCUT2D eigenvalue weighted by Gasteiger charge is -2.16. The molecule has 2 aromatic rings. The molecule has 3 rings (SSSR count). The lowest BCUT2D eigenvalue weighted by Crippen LogP contribution is -2.36. The van der Waals surface area contributed by atoms with Crippen LogP contribution in [-0.2, 0) is 16.0 Å². The molecule has 186 valence electrons. The summed E-state index contributed by atoms with van der Waals surface area (Å²) in [6.45, 7) is -0.356. The van der Waals surface area contributed by atoms with Gasteiger partial charge in [0.1, 0.15) is 16.8 Å². The number of halogens is 4. The Balaban J connectivity index is 1.75. The summed E-state index contributed by atoms with van der Waals surface area (Å²) < 4.78 is 59.6. The van der Waals surface area contributed by atoms with Gasteiger partial charge in [-0.05, 0) is 24.1 Å². The Labute approximate surface area is 202 Å². The number of amides is 2. The number of nitrogens with zero attached hydrogens (tertiary/aromatic N) is 1. The van der Waals surface area contributed by atoms with Gasteiger partial charge in [0, 0.05) is 18.6 Å². The molecule has 0 unspecified atom stereocenters. The number of hydrogen-bond donors (Lipinski definition) is 3. The second-order valence-corrected chi connectivity index (χ2v) is 8.00. The zero-order valence-corrected chi connectivity index (χ0v) is 18.8. The molecule has 1 saturated heterocycles. The maximum atomic E-state index is 14.8. The smallest absolute Gasteiger partial charge is 0.414 e. The van der Waals surface area contributed by atoms with E-state index in [4.69, 9.17) is 10.5 Å². The first-order chi connectivity index (χ1) is 16.5. The topological polar surface area (TPSA) is 114 Å². The van der Waals surface area contributed by atoms with Crippen LogP contribution < -0.4 is 26.7 Å². The summed E-state index contributed by atoms with van der Waals surface area (Å²) in [7, 11) is 0. The highest BCUT2D eigenvalue weighted by atomic mass is 32.1. The third-order valence-electron chi connectivity index (χ3n) is 5.01.